The van der Waals surface area contributed by atoms with E-state index < -0.39 is 0 Å². The standard InChI is InChI=1S/C5H7NS.C3H8.C2H6/c1-4-5(2)7-3-6-4;1-3-2;1-2/h3H,1-2H3;3H2,1-2H3;1-2H3. The highest BCUT2D eigenvalue weighted by molar-refractivity contribution is 7.09. The van der Waals surface area contributed by atoms with Crippen LogP contribution in [0.15, 0.2) is 5.51 Å². The molecule has 0 fully saturated rings. The van der Waals surface area contributed by atoms with Gasteiger partial charge in [0.2, 0.25) is 0 Å². The maximum atomic E-state index is 4.03. The van der Waals surface area contributed by atoms with Crippen LogP contribution in [0, 0.1) is 13.8 Å². The molecule has 1 heterocycles. The molecule has 1 nitrogen and oxygen atoms in total. The summed E-state index contributed by atoms with van der Waals surface area (Å²) in [4.78, 5) is 5.35. The molecule has 0 bridgehead atoms. The van der Waals surface area contributed by atoms with E-state index >= 15 is 0 Å². The highest BCUT2D eigenvalue weighted by atomic mass is 32.1. The lowest BCUT2D eigenvalue weighted by molar-refractivity contribution is 1.09. The number of thiazole rings is 1. The van der Waals surface area contributed by atoms with Crippen molar-refractivity contribution >= 4 is 11.3 Å². The molecule has 0 atom stereocenters. The summed E-state index contributed by atoms with van der Waals surface area (Å²) in [5, 5.41) is 0. The molecule has 1 aromatic rings. The van der Waals surface area contributed by atoms with Gasteiger partial charge in [-0.25, -0.2) is 4.98 Å². The van der Waals surface area contributed by atoms with Gasteiger partial charge in [-0.15, -0.1) is 11.3 Å². The zero-order valence-electron chi connectivity index (χ0n) is 9.14. The molecule has 72 valence electrons. The third-order valence-corrected chi connectivity index (χ3v) is 1.85. The molecule has 0 N–H and O–H groups in total. The SMILES string of the molecule is CC.CCC.Cc1ncsc1C. The van der Waals surface area contributed by atoms with Gasteiger partial charge in [0, 0.05) is 4.88 Å². The molecular formula is C10H21NS. The Morgan fingerprint density at radius 1 is 1.25 bits per heavy atom. The summed E-state index contributed by atoms with van der Waals surface area (Å²) in [7, 11) is 0. The van der Waals surface area contributed by atoms with E-state index in [1.165, 1.54) is 11.3 Å². The average Bonchev–Trinajstić information content (AvgIpc) is 2.42. The van der Waals surface area contributed by atoms with E-state index in [0.717, 1.165) is 5.69 Å². The Kier molecular flexibility index (Phi) is 12.6. The lowest BCUT2D eigenvalue weighted by Crippen LogP contribution is -1.68. The zero-order chi connectivity index (χ0) is 9.98. The van der Waals surface area contributed by atoms with Gasteiger partial charge < -0.3 is 0 Å². The van der Waals surface area contributed by atoms with Crippen molar-refractivity contribution in [1.82, 2.24) is 4.98 Å². The van der Waals surface area contributed by atoms with E-state index in [-0.39, 0.29) is 0 Å². The molecule has 0 aromatic carbocycles. The summed E-state index contributed by atoms with van der Waals surface area (Å²) in [6.07, 6.45) is 1.25. The Morgan fingerprint density at radius 2 is 1.67 bits per heavy atom. The minimum atomic E-state index is 1.16. The molecule has 2 heteroatoms. The average molecular weight is 187 g/mol. The predicted molar refractivity (Wildman–Crippen MR) is 58.9 cm³/mol. The van der Waals surface area contributed by atoms with E-state index in [4.69, 9.17) is 0 Å². The van der Waals surface area contributed by atoms with E-state index in [1.807, 2.05) is 26.3 Å². The van der Waals surface area contributed by atoms with E-state index in [0.29, 0.717) is 0 Å². The van der Waals surface area contributed by atoms with E-state index in [1.54, 1.807) is 11.3 Å². The summed E-state index contributed by atoms with van der Waals surface area (Å²) in [5.74, 6) is 0. The van der Waals surface area contributed by atoms with Crippen LogP contribution >= 0.6 is 11.3 Å². The molecule has 0 aliphatic rings. The minimum absolute atomic E-state index is 1.16. The van der Waals surface area contributed by atoms with Gasteiger partial charge in [0.15, 0.2) is 0 Å². The number of aromatic nitrogens is 1. The first-order valence-corrected chi connectivity index (χ1v) is 5.47. The van der Waals surface area contributed by atoms with Gasteiger partial charge in [0.25, 0.3) is 0 Å². The molecule has 1 aromatic heterocycles. The smallest absolute Gasteiger partial charge is 0.0797 e. The second-order valence-electron chi connectivity index (χ2n) is 2.20. The van der Waals surface area contributed by atoms with Crippen molar-refractivity contribution in [3.05, 3.63) is 16.1 Å². The van der Waals surface area contributed by atoms with Crippen LogP contribution in [0.2, 0.25) is 0 Å². The second kappa shape index (κ2) is 10.6. The van der Waals surface area contributed by atoms with Crippen molar-refractivity contribution in [1.29, 1.82) is 0 Å². The Balaban J connectivity index is 0. The maximum absolute atomic E-state index is 4.03. The van der Waals surface area contributed by atoms with Crippen LogP contribution in [0.25, 0.3) is 0 Å². The van der Waals surface area contributed by atoms with Gasteiger partial charge in [-0.05, 0) is 13.8 Å². The monoisotopic (exact) mass is 187 g/mol. The molecule has 0 unspecified atom stereocenters. The molecule has 12 heavy (non-hydrogen) atoms. The summed E-state index contributed by atoms with van der Waals surface area (Å²) >= 11 is 1.69. The molecule has 0 saturated carbocycles. The van der Waals surface area contributed by atoms with Crippen LogP contribution in [0.3, 0.4) is 0 Å². The van der Waals surface area contributed by atoms with Crippen molar-refractivity contribution in [2.24, 2.45) is 0 Å². The Morgan fingerprint density at radius 3 is 1.75 bits per heavy atom. The van der Waals surface area contributed by atoms with Crippen LogP contribution in [0.1, 0.15) is 44.7 Å². The maximum Gasteiger partial charge on any atom is 0.0797 e. The van der Waals surface area contributed by atoms with Gasteiger partial charge in [-0.3, -0.25) is 0 Å². The summed E-state index contributed by atoms with van der Waals surface area (Å²) < 4.78 is 0. The lowest BCUT2D eigenvalue weighted by atomic mass is 10.4. The van der Waals surface area contributed by atoms with Crippen LogP contribution < -0.4 is 0 Å². The molecule has 0 spiro atoms. The molecular weight excluding hydrogens is 166 g/mol. The predicted octanol–water partition coefficient (Wildman–Crippen LogP) is 4.20. The Labute approximate surface area is 80.9 Å². The van der Waals surface area contributed by atoms with Gasteiger partial charge in [-0.1, -0.05) is 34.1 Å². The van der Waals surface area contributed by atoms with Crippen LogP contribution in [-0.2, 0) is 0 Å². The van der Waals surface area contributed by atoms with Crippen molar-refractivity contribution in [3.63, 3.8) is 0 Å². The topological polar surface area (TPSA) is 12.9 Å². The number of aryl methyl sites for hydroxylation is 2. The van der Waals surface area contributed by atoms with Crippen molar-refractivity contribution in [2.75, 3.05) is 0 Å². The lowest BCUT2D eigenvalue weighted by Gasteiger charge is -1.77. The summed E-state index contributed by atoms with van der Waals surface area (Å²) in [6.45, 7) is 12.3. The number of hydrogen-bond donors (Lipinski definition) is 0. The fourth-order valence-electron chi connectivity index (χ4n) is 0.361. The van der Waals surface area contributed by atoms with Gasteiger partial charge in [-0.2, -0.15) is 0 Å². The Bertz CT molecular complexity index is 154. The van der Waals surface area contributed by atoms with Crippen molar-refractivity contribution in [3.8, 4) is 0 Å². The number of rotatable bonds is 0. The molecule has 0 aliphatic carbocycles. The number of hydrogen-bond acceptors (Lipinski definition) is 2. The first-order valence-electron chi connectivity index (χ1n) is 4.59. The quantitative estimate of drug-likeness (QED) is 0.593. The molecule has 0 amide bonds. The van der Waals surface area contributed by atoms with Crippen LogP contribution in [-0.4, -0.2) is 4.98 Å². The van der Waals surface area contributed by atoms with Crippen LogP contribution in [0.4, 0.5) is 0 Å². The fourth-order valence-corrected chi connectivity index (χ4v) is 0.953. The summed E-state index contributed by atoms with van der Waals surface area (Å²) in [5.41, 5.74) is 3.02. The Hall–Kier alpha value is -0.370. The van der Waals surface area contributed by atoms with Gasteiger partial charge in [0.05, 0.1) is 11.2 Å². The molecule has 0 saturated heterocycles. The van der Waals surface area contributed by atoms with Crippen molar-refractivity contribution in [2.45, 2.75) is 48.0 Å². The summed E-state index contributed by atoms with van der Waals surface area (Å²) in [6, 6.07) is 0. The molecule has 0 radical (unpaired) electrons. The van der Waals surface area contributed by atoms with Crippen molar-refractivity contribution < 1.29 is 0 Å². The highest BCUT2D eigenvalue weighted by Gasteiger charge is 1.88. The first kappa shape index (κ1) is 14.2. The second-order valence-corrected chi connectivity index (χ2v) is 3.26. The van der Waals surface area contributed by atoms with E-state index in [9.17, 15) is 0 Å². The van der Waals surface area contributed by atoms with Gasteiger partial charge >= 0.3 is 0 Å². The fraction of sp³-hybridized carbons (Fsp3) is 0.700. The van der Waals surface area contributed by atoms with Gasteiger partial charge in [0.1, 0.15) is 0 Å². The largest absolute Gasteiger partial charge is 0.250 e. The molecule has 0 aliphatic heterocycles. The third kappa shape index (κ3) is 7.73. The number of nitrogens with zero attached hydrogens (tertiary/aromatic N) is 1. The minimum Gasteiger partial charge on any atom is -0.250 e. The van der Waals surface area contributed by atoms with Crippen LogP contribution in [0.5, 0.6) is 0 Å². The normalized spacial score (nSPS) is 7.50. The third-order valence-electron chi connectivity index (χ3n) is 0.985. The van der Waals surface area contributed by atoms with E-state index in [2.05, 4.69) is 25.8 Å². The molecule has 1 rings (SSSR count). The highest BCUT2D eigenvalue weighted by Crippen LogP contribution is 2.07. The zero-order valence-corrected chi connectivity index (χ0v) is 9.96. The first-order chi connectivity index (χ1) is 5.72.